The van der Waals surface area contributed by atoms with Crippen LogP contribution in [0, 0.1) is 16.2 Å². The van der Waals surface area contributed by atoms with Gasteiger partial charge in [0.15, 0.2) is 0 Å². The third-order valence-electron chi connectivity index (χ3n) is 5.26. The molecule has 2 unspecified atom stereocenters. The number of hydrogen-bond acceptors (Lipinski definition) is 2. The molecule has 13 heavy (non-hydrogen) atoms. The van der Waals surface area contributed by atoms with Crippen LogP contribution >= 0.6 is 0 Å². The molecule has 0 aliphatic heterocycles. The first-order valence-corrected chi connectivity index (χ1v) is 5.05. The molecule has 2 aliphatic rings. The van der Waals surface area contributed by atoms with Gasteiger partial charge in [-0.15, -0.1) is 0 Å². The van der Waals surface area contributed by atoms with E-state index in [1.165, 1.54) is 19.3 Å². The van der Waals surface area contributed by atoms with Crippen LogP contribution in [0.3, 0.4) is 0 Å². The highest BCUT2D eigenvalue weighted by Gasteiger charge is 2.80. The Hall–Kier alpha value is -0.620. The zero-order valence-corrected chi connectivity index (χ0v) is 8.68. The predicted octanol–water partition coefficient (Wildman–Crippen LogP) is 2.54. The fourth-order valence-corrected chi connectivity index (χ4v) is 3.90. The minimum Gasteiger partial charge on any atom is -0.211 e. The molecule has 0 aromatic carbocycles. The number of rotatable bonds is 2. The Balaban J connectivity index is 2.28. The Bertz CT molecular complexity index is 290. The molecule has 0 amide bonds. The van der Waals surface area contributed by atoms with Crippen molar-refractivity contribution in [2.24, 2.45) is 21.2 Å². The maximum absolute atomic E-state index is 10.1. The number of nitrogens with zero attached hydrogens (tertiary/aromatic N) is 1. The molecule has 2 heteroatoms. The normalized spacial score (nSPS) is 45.2. The second kappa shape index (κ2) is 2.24. The van der Waals surface area contributed by atoms with Crippen LogP contribution in [0.2, 0.25) is 0 Å². The van der Waals surface area contributed by atoms with Crippen LogP contribution in [0.25, 0.3) is 0 Å². The highest BCUT2D eigenvalue weighted by molar-refractivity contribution is 5.36. The molecular weight excluding hydrogens is 162 g/mol. The first kappa shape index (κ1) is 8.96. The van der Waals surface area contributed by atoms with Crippen molar-refractivity contribution < 1.29 is 4.79 Å². The van der Waals surface area contributed by atoms with Crippen molar-refractivity contribution in [3.05, 3.63) is 0 Å². The maximum atomic E-state index is 10.1. The zero-order valence-electron chi connectivity index (χ0n) is 8.68. The molecule has 2 rings (SSSR count). The third kappa shape index (κ3) is 0.717. The number of isocyanates is 1. The van der Waals surface area contributed by atoms with Gasteiger partial charge in [-0.05, 0) is 23.7 Å². The standard InChI is InChI=1S/C11H17NO/c1-9(2)10(3)5-4-6-11(9,10)7-12-8-13/h4-7H2,1-3H3. The van der Waals surface area contributed by atoms with Crippen LogP contribution in [-0.4, -0.2) is 12.6 Å². The van der Waals surface area contributed by atoms with E-state index in [4.69, 9.17) is 0 Å². The minimum atomic E-state index is 0.317. The molecule has 0 spiro atoms. The van der Waals surface area contributed by atoms with Crippen molar-refractivity contribution in [3.8, 4) is 0 Å². The Labute approximate surface area is 79.4 Å². The van der Waals surface area contributed by atoms with Crippen LogP contribution in [0.1, 0.15) is 40.0 Å². The van der Waals surface area contributed by atoms with Gasteiger partial charge in [-0.1, -0.05) is 27.2 Å². The van der Waals surface area contributed by atoms with E-state index in [1.807, 2.05) is 0 Å². The van der Waals surface area contributed by atoms with Gasteiger partial charge in [-0.3, -0.25) is 0 Å². The average molecular weight is 179 g/mol. The Morgan fingerprint density at radius 2 is 2.00 bits per heavy atom. The lowest BCUT2D eigenvalue weighted by molar-refractivity contribution is 0.357. The molecular formula is C11H17NO. The van der Waals surface area contributed by atoms with Crippen LogP contribution < -0.4 is 0 Å². The number of fused-ring (bicyclic) bond motifs is 1. The summed E-state index contributed by atoms with van der Waals surface area (Å²) < 4.78 is 0. The molecule has 0 saturated heterocycles. The van der Waals surface area contributed by atoms with Crippen molar-refractivity contribution in [2.75, 3.05) is 6.54 Å². The topological polar surface area (TPSA) is 29.4 Å². The second-order valence-corrected chi connectivity index (χ2v) is 5.30. The molecule has 2 atom stereocenters. The fraction of sp³-hybridized carbons (Fsp3) is 0.909. The third-order valence-corrected chi connectivity index (χ3v) is 5.26. The van der Waals surface area contributed by atoms with Gasteiger partial charge < -0.3 is 0 Å². The Morgan fingerprint density at radius 1 is 1.31 bits per heavy atom. The van der Waals surface area contributed by atoms with Gasteiger partial charge in [0.2, 0.25) is 6.08 Å². The van der Waals surface area contributed by atoms with Crippen molar-refractivity contribution in [3.63, 3.8) is 0 Å². The molecule has 72 valence electrons. The monoisotopic (exact) mass is 179 g/mol. The number of hydrogen-bond donors (Lipinski definition) is 0. The van der Waals surface area contributed by atoms with Gasteiger partial charge in [0.05, 0.1) is 6.54 Å². The van der Waals surface area contributed by atoms with E-state index >= 15 is 0 Å². The first-order valence-electron chi connectivity index (χ1n) is 5.05. The summed E-state index contributed by atoms with van der Waals surface area (Å²) in [5.74, 6) is 0. The minimum absolute atomic E-state index is 0.317. The van der Waals surface area contributed by atoms with E-state index in [9.17, 15) is 4.79 Å². The van der Waals surface area contributed by atoms with E-state index in [-0.39, 0.29) is 0 Å². The first-order chi connectivity index (χ1) is 6.02. The summed E-state index contributed by atoms with van der Waals surface area (Å²) in [6, 6.07) is 0. The Morgan fingerprint density at radius 3 is 2.46 bits per heavy atom. The highest BCUT2D eigenvalue weighted by Crippen LogP contribution is 2.84. The van der Waals surface area contributed by atoms with E-state index in [0.717, 1.165) is 0 Å². The molecule has 0 radical (unpaired) electrons. The number of carbonyl (C=O) groups excluding carboxylic acids is 1. The summed E-state index contributed by atoms with van der Waals surface area (Å²) in [4.78, 5) is 13.9. The molecule has 0 heterocycles. The second-order valence-electron chi connectivity index (χ2n) is 5.30. The van der Waals surface area contributed by atoms with Gasteiger partial charge in [0, 0.05) is 5.41 Å². The molecule has 2 saturated carbocycles. The molecule has 2 aliphatic carbocycles. The molecule has 0 aromatic rings. The van der Waals surface area contributed by atoms with Crippen molar-refractivity contribution in [1.29, 1.82) is 0 Å². The molecule has 0 bridgehead atoms. The lowest BCUT2D eigenvalue weighted by atomic mass is 9.90. The highest BCUT2D eigenvalue weighted by atomic mass is 16.1. The SMILES string of the molecule is CC1(C)C2(C)CCCC12CN=C=O. The summed E-state index contributed by atoms with van der Waals surface area (Å²) in [7, 11) is 0. The van der Waals surface area contributed by atoms with E-state index in [0.29, 0.717) is 22.8 Å². The van der Waals surface area contributed by atoms with Gasteiger partial charge in [0.1, 0.15) is 0 Å². The van der Waals surface area contributed by atoms with E-state index in [1.54, 1.807) is 6.08 Å². The Kier molecular flexibility index (Phi) is 1.55. The summed E-state index contributed by atoms with van der Waals surface area (Å²) >= 11 is 0. The molecule has 0 aromatic heterocycles. The van der Waals surface area contributed by atoms with Crippen LogP contribution in [0.5, 0.6) is 0 Å². The quantitative estimate of drug-likeness (QED) is 0.473. The molecule has 0 N–H and O–H groups in total. The van der Waals surface area contributed by atoms with Crippen LogP contribution in [-0.2, 0) is 4.79 Å². The van der Waals surface area contributed by atoms with Crippen LogP contribution in [0.4, 0.5) is 0 Å². The lowest BCUT2D eigenvalue weighted by Crippen LogP contribution is -2.11. The van der Waals surface area contributed by atoms with Crippen molar-refractivity contribution in [2.45, 2.75) is 40.0 Å². The van der Waals surface area contributed by atoms with E-state index < -0.39 is 0 Å². The zero-order chi connectivity index (χ0) is 9.74. The number of aliphatic imine (C=N–C) groups is 1. The largest absolute Gasteiger partial charge is 0.234 e. The smallest absolute Gasteiger partial charge is 0.211 e. The average Bonchev–Trinajstić information content (AvgIpc) is 2.42. The van der Waals surface area contributed by atoms with Gasteiger partial charge in [-0.2, -0.15) is 0 Å². The molecule has 2 nitrogen and oxygen atoms in total. The summed E-state index contributed by atoms with van der Waals surface area (Å²) in [6.07, 6.45) is 5.51. The predicted molar refractivity (Wildman–Crippen MR) is 51.2 cm³/mol. The van der Waals surface area contributed by atoms with Crippen molar-refractivity contribution >= 4 is 6.08 Å². The van der Waals surface area contributed by atoms with Crippen LogP contribution in [0.15, 0.2) is 4.99 Å². The summed E-state index contributed by atoms with van der Waals surface area (Å²) in [6.45, 7) is 7.67. The van der Waals surface area contributed by atoms with Gasteiger partial charge in [0.25, 0.3) is 0 Å². The lowest BCUT2D eigenvalue weighted by Gasteiger charge is -2.15. The maximum Gasteiger partial charge on any atom is 0.234 e. The molecule has 2 fully saturated rings. The van der Waals surface area contributed by atoms with E-state index in [2.05, 4.69) is 25.8 Å². The van der Waals surface area contributed by atoms with Gasteiger partial charge in [-0.25, -0.2) is 9.79 Å². The summed E-state index contributed by atoms with van der Waals surface area (Å²) in [5.41, 5.74) is 1.12. The summed E-state index contributed by atoms with van der Waals surface area (Å²) in [5, 5.41) is 0. The fourth-order valence-electron chi connectivity index (χ4n) is 3.90. The van der Waals surface area contributed by atoms with Gasteiger partial charge >= 0.3 is 0 Å². The van der Waals surface area contributed by atoms with Crippen molar-refractivity contribution in [1.82, 2.24) is 0 Å².